The summed E-state index contributed by atoms with van der Waals surface area (Å²) >= 11 is 0. The third-order valence-electron chi connectivity index (χ3n) is 1.46. The van der Waals surface area contributed by atoms with Crippen LogP contribution in [-0.2, 0) is 9.09 Å². The molecule has 3 nitrogen and oxygen atoms in total. The summed E-state index contributed by atoms with van der Waals surface area (Å²) in [5, 5.41) is 8.24. The summed E-state index contributed by atoms with van der Waals surface area (Å²) < 4.78 is 15.3. The largest absolute Gasteiger partial charge is 0.370 e. The minimum absolute atomic E-state index is 0.411. The Morgan fingerprint density at radius 2 is 2.09 bits per heavy atom. The number of aliphatic hydroxyl groups is 1. The minimum Gasteiger partial charge on any atom is -0.370 e. The molecule has 0 saturated carbocycles. The monoisotopic (exact) mass is 180 g/mol. The van der Waals surface area contributed by atoms with Gasteiger partial charge in [-0.05, 0) is 6.42 Å². The first-order chi connectivity index (χ1) is 5.31. The van der Waals surface area contributed by atoms with E-state index in [2.05, 4.69) is 11.4 Å². The number of rotatable bonds is 7. The highest BCUT2D eigenvalue weighted by Crippen LogP contribution is 2.23. The molecule has 68 valence electrons. The van der Waals surface area contributed by atoms with Gasteiger partial charge in [-0.2, -0.15) is 0 Å². The van der Waals surface area contributed by atoms with Crippen LogP contribution in [0.15, 0.2) is 0 Å². The van der Waals surface area contributed by atoms with Gasteiger partial charge in [-0.15, -0.1) is 0 Å². The van der Waals surface area contributed by atoms with E-state index >= 15 is 0 Å². The molecule has 0 spiro atoms. The molecule has 0 bridgehead atoms. The molecule has 0 aliphatic carbocycles. The molecule has 0 fully saturated rings. The van der Waals surface area contributed by atoms with Crippen LogP contribution in [0.4, 0.5) is 0 Å². The fraction of sp³-hybridized carbons (Fsp3) is 1.00. The average molecular weight is 180 g/mol. The average Bonchev–Trinajstić information content (AvgIpc) is 1.99. The Morgan fingerprint density at radius 3 is 2.64 bits per heavy atom. The van der Waals surface area contributed by atoms with Crippen LogP contribution in [0.5, 0.6) is 0 Å². The quantitative estimate of drug-likeness (QED) is 0.370. The van der Waals surface area contributed by atoms with Crippen molar-refractivity contribution < 1.29 is 14.2 Å². The summed E-state index contributed by atoms with van der Waals surface area (Å²) in [7, 11) is -1.92. The van der Waals surface area contributed by atoms with Crippen molar-refractivity contribution in [3.8, 4) is 0 Å². The van der Waals surface area contributed by atoms with Gasteiger partial charge in [-0.1, -0.05) is 26.2 Å². The van der Waals surface area contributed by atoms with Crippen molar-refractivity contribution >= 4 is 8.03 Å². The van der Waals surface area contributed by atoms with Crippen molar-refractivity contribution in [1.82, 2.24) is 0 Å². The molecule has 0 aliphatic rings. The molecule has 0 amide bonds. The van der Waals surface area contributed by atoms with Crippen LogP contribution < -0.4 is 0 Å². The maximum absolute atomic E-state index is 10.8. The first-order valence-corrected chi connectivity index (χ1v) is 5.60. The molecule has 0 aliphatic heterocycles. The van der Waals surface area contributed by atoms with Crippen molar-refractivity contribution in [3.05, 3.63) is 0 Å². The number of aliphatic hydroxyl groups excluding tert-OH is 1. The number of unbranched alkanes of at least 4 members (excludes halogenated alkanes) is 3. The molecular weight excluding hydrogens is 163 g/mol. The molecule has 0 aromatic rings. The maximum atomic E-state index is 10.8. The lowest BCUT2D eigenvalue weighted by Crippen LogP contribution is -1.86. The zero-order valence-corrected chi connectivity index (χ0v) is 8.01. The molecule has 0 aromatic carbocycles. The van der Waals surface area contributed by atoms with Gasteiger partial charge < -0.3 is 9.63 Å². The third-order valence-corrected chi connectivity index (χ3v) is 2.67. The summed E-state index contributed by atoms with van der Waals surface area (Å²) in [6.45, 7) is 1.72. The first-order valence-electron chi connectivity index (χ1n) is 4.07. The lowest BCUT2D eigenvalue weighted by atomic mass is 10.2. The molecule has 1 N–H and O–H groups in total. The number of hydrogen-bond donors (Lipinski definition) is 1. The van der Waals surface area contributed by atoms with Crippen LogP contribution in [0.1, 0.15) is 32.6 Å². The van der Waals surface area contributed by atoms with Crippen LogP contribution >= 0.6 is 8.03 Å². The Bertz CT molecular complexity index is 106. The predicted octanol–water partition coefficient (Wildman–Crippen LogP) is 2.01. The Morgan fingerprint density at radius 1 is 1.36 bits per heavy atom. The Balaban J connectivity index is 3.04. The highest BCUT2D eigenvalue weighted by atomic mass is 31.1. The second kappa shape index (κ2) is 8.25. The summed E-state index contributed by atoms with van der Waals surface area (Å²) in [5.74, 6) is 0. The summed E-state index contributed by atoms with van der Waals surface area (Å²) in [4.78, 5) is 0. The van der Waals surface area contributed by atoms with Gasteiger partial charge in [0, 0.05) is 6.16 Å². The van der Waals surface area contributed by atoms with Crippen LogP contribution in [-0.4, -0.2) is 18.1 Å². The van der Waals surface area contributed by atoms with Gasteiger partial charge in [0.1, 0.15) is 6.79 Å². The third kappa shape index (κ3) is 8.05. The summed E-state index contributed by atoms with van der Waals surface area (Å²) in [5.41, 5.74) is 0. The van der Waals surface area contributed by atoms with Crippen LogP contribution in [0.2, 0.25) is 0 Å². The van der Waals surface area contributed by atoms with Crippen molar-refractivity contribution in [1.29, 1.82) is 0 Å². The molecular formula is C7H17O3P. The van der Waals surface area contributed by atoms with Gasteiger partial charge in [0.15, 0.2) is 8.03 Å². The topological polar surface area (TPSA) is 46.5 Å². The fourth-order valence-electron chi connectivity index (χ4n) is 0.840. The van der Waals surface area contributed by atoms with Gasteiger partial charge >= 0.3 is 0 Å². The molecule has 0 heterocycles. The van der Waals surface area contributed by atoms with Crippen molar-refractivity contribution in [2.45, 2.75) is 32.6 Å². The normalized spacial score (nSPS) is 13.3. The molecule has 1 atom stereocenters. The van der Waals surface area contributed by atoms with E-state index in [0.717, 1.165) is 12.8 Å². The summed E-state index contributed by atoms with van der Waals surface area (Å²) in [6, 6.07) is 0. The van der Waals surface area contributed by atoms with Crippen LogP contribution in [0, 0.1) is 0 Å². The van der Waals surface area contributed by atoms with E-state index in [1.807, 2.05) is 0 Å². The van der Waals surface area contributed by atoms with Crippen molar-refractivity contribution in [2.75, 3.05) is 13.0 Å². The van der Waals surface area contributed by atoms with E-state index in [1.165, 1.54) is 12.8 Å². The van der Waals surface area contributed by atoms with E-state index in [4.69, 9.17) is 5.11 Å². The van der Waals surface area contributed by atoms with E-state index in [-0.39, 0.29) is 0 Å². The molecule has 0 saturated heterocycles. The highest BCUT2D eigenvalue weighted by molar-refractivity contribution is 7.39. The maximum Gasteiger partial charge on any atom is 0.193 e. The highest BCUT2D eigenvalue weighted by Gasteiger charge is 1.97. The number of hydrogen-bond acceptors (Lipinski definition) is 3. The second-order valence-electron chi connectivity index (χ2n) is 2.46. The molecule has 1 unspecified atom stereocenters. The van der Waals surface area contributed by atoms with Gasteiger partial charge in [0.2, 0.25) is 0 Å². The smallest absolute Gasteiger partial charge is 0.193 e. The Labute approximate surface area is 68.6 Å². The minimum atomic E-state index is -1.92. The van der Waals surface area contributed by atoms with Crippen LogP contribution in [0.25, 0.3) is 0 Å². The Hall–Kier alpha value is 0.150. The van der Waals surface area contributed by atoms with Gasteiger partial charge in [0.05, 0.1) is 0 Å². The molecule has 0 radical (unpaired) electrons. The second-order valence-corrected chi connectivity index (χ2v) is 3.99. The van der Waals surface area contributed by atoms with Gasteiger partial charge in [-0.25, -0.2) is 0 Å². The van der Waals surface area contributed by atoms with E-state index in [9.17, 15) is 4.57 Å². The Kier molecular flexibility index (Phi) is 8.36. The van der Waals surface area contributed by atoms with Gasteiger partial charge in [0.25, 0.3) is 0 Å². The zero-order chi connectivity index (χ0) is 8.53. The van der Waals surface area contributed by atoms with Crippen LogP contribution in [0.3, 0.4) is 0 Å². The fourth-order valence-corrected chi connectivity index (χ4v) is 1.67. The zero-order valence-electron chi connectivity index (χ0n) is 7.01. The SMILES string of the molecule is CCCCCC[PH](=O)OCO. The first kappa shape index (κ1) is 11.2. The molecule has 0 rings (SSSR count). The molecule has 11 heavy (non-hydrogen) atoms. The lowest BCUT2D eigenvalue weighted by molar-refractivity contribution is 0.107. The van der Waals surface area contributed by atoms with E-state index in [0.29, 0.717) is 6.16 Å². The van der Waals surface area contributed by atoms with Crippen molar-refractivity contribution in [2.24, 2.45) is 0 Å². The van der Waals surface area contributed by atoms with Gasteiger partial charge in [-0.3, -0.25) is 4.57 Å². The van der Waals surface area contributed by atoms with Crippen molar-refractivity contribution in [3.63, 3.8) is 0 Å². The van der Waals surface area contributed by atoms with E-state index < -0.39 is 14.8 Å². The molecule has 0 aromatic heterocycles. The predicted molar refractivity (Wildman–Crippen MR) is 46.2 cm³/mol. The lowest BCUT2D eigenvalue weighted by Gasteiger charge is -1.99. The summed E-state index contributed by atoms with van der Waals surface area (Å²) in [6.07, 6.45) is 5.05. The standard InChI is InChI=1S/C7H17O3P/c1-2-3-4-5-6-11(9)10-7-8/h8,11H,2-7H2,1H3. The molecule has 4 heteroatoms. The van der Waals surface area contributed by atoms with E-state index in [1.54, 1.807) is 0 Å².